The van der Waals surface area contributed by atoms with E-state index in [1.165, 1.54) is 4.57 Å². The number of H-pyrrole nitrogens is 1. The van der Waals surface area contributed by atoms with E-state index in [0.29, 0.717) is 36.8 Å². The topological polar surface area (TPSA) is 114 Å². The second-order valence-corrected chi connectivity index (χ2v) is 8.98. The minimum Gasteiger partial charge on any atom is -0.336 e. The summed E-state index contributed by atoms with van der Waals surface area (Å²) < 4.78 is 1.50. The zero-order chi connectivity index (χ0) is 20.9. The number of nitrogens with zero attached hydrogens (tertiary/aromatic N) is 3. The predicted molar refractivity (Wildman–Crippen MR) is 111 cm³/mol. The Bertz CT molecular complexity index is 1070. The molecule has 1 saturated heterocycles. The van der Waals surface area contributed by atoms with Crippen molar-refractivity contribution < 1.29 is 4.79 Å². The van der Waals surface area contributed by atoms with E-state index in [1.807, 2.05) is 20.8 Å². The van der Waals surface area contributed by atoms with Crippen LogP contribution in [0.1, 0.15) is 62.0 Å². The Morgan fingerprint density at radius 3 is 2.66 bits per heavy atom. The fourth-order valence-corrected chi connectivity index (χ4v) is 4.34. The van der Waals surface area contributed by atoms with Crippen molar-refractivity contribution in [3.8, 4) is 0 Å². The monoisotopic (exact) mass is 399 g/mol. The molecule has 1 saturated carbocycles. The lowest BCUT2D eigenvalue weighted by atomic mass is 10.1. The normalized spacial score (nSPS) is 22.0. The van der Waals surface area contributed by atoms with Crippen LogP contribution in [0.25, 0.3) is 11.0 Å². The number of rotatable bonds is 5. The van der Waals surface area contributed by atoms with Crippen molar-refractivity contribution in [3.63, 3.8) is 0 Å². The Hall–Kier alpha value is -2.48. The number of carbonyl (C=O) groups excluding carboxylic acids is 1. The highest BCUT2D eigenvalue weighted by Crippen LogP contribution is 2.40. The molecular weight excluding hydrogens is 370 g/mol. The minimum absolute atomic E-state index is 0.0595. The van der Waals surface area contributed by atoms with E-state index in [1.54, 1.807) is 11.0 Å². The quantitative estimate of drug-likeness (QED) is 0.789. The first kappa shape index (κ1) is 19.8. The van der Waals surface area contributed by atoms with Crippen LogP contribution < -0.4 is 17.0 Å². The number of amides is 1. The molecule has 0 aromatic carbocycles. The first-order valence-corrected chi connectivity index (χ1v) is 10.5. The third kappa shape index (κ3) is 3.61. The van der Waals surface area contributed by atoms with Gasteiger partial charge in [-0.25, -0.2) is 9.78 Å². The molecule has 4 rings (SSSR count). The molecule has 0 radical (unpaired) electrons. The molecule has 0 bridgehead atoms. The van der Waals surface area contributed by atoms with Gasteiger partial charge in [0.25, 0.3) is 11.5 Å². The van der Waals surface area contributed by atoms with Crippen LogP contribution in [0.2, 0.25) is 0 Å². The maximum absolute atomic E-state index is 13.5. The van der Waals surface area contributed by atoms with E-state index >= 15 is 0 Å². The molecule has 2 aromatic rings. The van der Waals surface area contributed by atoms with Crippen LogP contribution in [-0.2, 0) is 6.54 Å². The van der Waals surface area contributed by atoms with E-state index in [4.69, 9.17) is 5.73 Å². The van der Waals surface area contributed by atoms with Crippen molar-refractivity contribution >= 4 is 16.9 Å². The highest BCUT2D eigenvalue weighted by molar-refractivity contribution is 6.05. The number of hydrogen-bond acceptors (Lipinski definition) is 5. The summed E-state index contributed by atoms with van der Waals surface area (Å²) in [6, 6.07) is 1.83. The summed E-state index contributed by atoms with van der Waals surface area (Å²) in [6.07, 6.45) is 2.88. The van der Waals surface area contributed by atoms with Gasteiger partial charge < -0.3 is 10.6 Å². The molecule has 0 spiro atoms. The van der Waals surface area contributed by atoms with Crippen LogP contribution in [0.3, 0.4) is 0 Å². The maximum atomic E-state index is 13.5. The summed E-state index contributed by atoms with van der Waals surface area (Å²) >= 11 is 0. The van der Waals surface area contributed by atoms with Gasteiger partial charge in [0.15, 0.2) is 5.65 Å². The number of hydrogen-bond donors (Lipinski definition) is 2. The Morgan fingerprint density at radius 1 is 1.34 bits per heavy atom. The van der Waals surface area contributed by atoms with Gasteiger partial charge in [0.2, 0.25) is 0 Å². The molecule has 1 amide bonds. The van der Waals surface area contributed by atoms with Crippen molar-refractivity contribution in [2.24, 2.45) is 17.6 Å². The van der Waals surface area contributed by atoms with Crippen LogP contribution in [0, 0.1) is 11.8 Å². The minimum atomic E-state index is -0.551. The number of nitrogens with two attached hydrogens (primary N) is 1. The van der Waals surface area contributed by atoms with E-state index < -0.39 is 11.2 Å². The van der Waals surface area contributed by atoms with Gasteiger partial charge in [-0.3, -0.25) is 19.1 Å². The summed E-state index contributed by atoms with van der Waals surface area (Å²) in [5.74, 6) is 0.572. The van der Waals surface area contributed by atoms with Crippen molar-refractivity contribution in [1.29, 1.82) is 0 Å². The molecule has 8 nitrogen and oxygen atoms in total. The van der Waals surface area contributed by atoms with E-state index in [-0.39, 0.29) is 29.2 Å². The molecule has 156 valence electrons. The lowest BCUT2D eigenvalue weighted by Crippen LogP contribution is -2.37. The average Bonchev–Trinajstić information content (AvgIpc) is 3.45. The van der Waals surface area contributed by atoms with Gasteiger partial charge in [-0.1, -0.05) is 13.8 Å². The Morgan fingerprint density at radius 2 is 2.07 bits per heavy atom. The molecule has 2 aromatic heterocycles. The molecular formula is C21H29N5O3. The van der Waals surface area contributed by atoms with Crippen LogP contribution in [0.15, 0.2) is 15.7 Å². The lowest BCUT2D eigenvalue weighted by molar-refractivity contribution is 0.0745. The van der Waals surface area contributed by atoms with E-state index in [9.17, 15) is 14.4 Å². The standard InChI is InChI=1S/C21H29N5O3/c1-11(2)9-26-18-17(19(27)24-21(26)29)15(7-16(23-18)14-4-5-14)20(28)25-10-13(8-22)6-12(25)3/h7,11-14H,4-6,8-10,22H2,1-3H3,(H,24,27,29). The summed E-state index contributed by atoms with van der Waals surface area (Å²) in [5.41, 5.74) is 6.26. The van der Waals surface area contributed by atoms with Gasteiger partial charge in [-0.2, -0.15) is 0 Å². The predicted octanol–water partition coefficient (Wildman–Crippen LogP) is 1.43. The van der Waals surface area contributed by atoms with Crippen molar-refractivity contribution in [2.45, 2.75) is 58.5 Å². The maximum Gasteiger partial charge on any atom is 0.330 e. The zero-order valence-electron chi connectivity index (χ0n) is 17.3. The molecule has 3 N–H and O–H groups in total. The van der Waals surface area contributed by atoms with Crippen molar-refractivity contribution in [2.75, 3.05) is 13.1 Å². The molecule has 1 aliphatic carbocycles. The van der Waals surface area contributed by atoms with E-state index in [2.05, 4.69) is 9.97 Å². The van der Waals surface area contributed by atoms with Crippen LogP contribution in [0.4, 0.5) is 0 Å². The third-order valence-electron chi connectivity index (χ3n) is 6.00. The number of aromatic nitrogens is 3. The highest BCUT2D eigenvalue weighted by atomic mass is 16.2. The summed E-state index contributed by atoms with van der Waals surface area (Å²) in [6.45, 7) is 7.56. The second kappa shape index (κ2) is 7.40. The second-order valence-electron chi connectivity index (χ2n) is 8.98. The average molecular weight is 399 g/mol. The highest BCUT2D eigenvalue weighted by Gasteiger charge is 2.35. The number of likely N-dealkylation sites (tertiary alicyclic amines) is 1. The fourth-order valence-electron chi connectivity index (χ4n) is 4.34. The molecule has 2 atom stereocenters. The molecule has 8 heteroatoms. The number of nitrogens with one attached hydrogen (secondary N) is 1. The van der Waals surface area contributed by atoms with Gasteiger partial charge >= 0.3 is 5.69 Å². The number of carbonyl (C=O) groups is 1. The third-order valence-corrected chi connectivity index (χ3v) is 6.00. The molecule has 3 heterocycles. The summed E-state index contributed by atoms with van der Waals surface area (Å²) in [7, 11) is 0. The first-order chi connectivity index (χ1) is 13.8. The van der Waals surface area contributed by atoms with Gasteiger partial charge in [0.1, 0.15) is 0 Å². The van der Waals surface area contributed by atoms with E-state index in [0.717, 1.165) is 25.0 Å². The van der Waals surface area contributed by atoms with Crippen LogP contribution in [-0.4, -0.2) is 44.5 Å². The SMILES string of the molecule is CC(C)Cn1c(=O)[nH]c(=O)c2c(C(=O)N3CC(CN)CC3C)cc(C3CC3)nc21. The molecule has 2 fully saturated rings. The number of fused-ring (bicyclic) bond motifs is 1. The molecule has 2 aliphatic rings. The molecule has 1 aliphatic heterocycles. The molecule has 29 heavy (non-hydrogen) atoms. The van der Waals surface area contributed by atoms with Gasteiger partial charge in [0.05, 0.1) is 10.9 Å². The molecule has 2 unspecified atom stereocenters. The van der Waals surface area contributed by atoms with Gasteiger partial charge in [-0.15, -0.1) is 0 Å². The lowest BCUT2D eigenvalue weighted by Gasteiger charge is -2.23. The van der Waals surface area contributed by atoms with Gasteiger partial charge in [-0.05, 0) is 50.6 Å². The Kier molecular flexibility index (Phi) is 5.06. The largest absolute Gasteiger partial charge is 0.336 e. The van der Waals surface area contributed by atoms with Crippen LogP contribution in [0.5, 0.6) is 0 Å². The Labute approximate surface area is 169 Å². The fraction of sp³-hybridized carbons (Fsp3) is 0.619. The number of pyridine rings is 1. The number of aromatic amines is 1. The zero-order valence-corrected chi connectivity index (χ0v) is 17.3. The first-order valence-electron chi connectivity index (χ1n) is 10.5. The Balaban J connectivity index is 1.92. The summed E-state index contributed by atoms with van der Waals surface area (Å²) in [4.78, 5) is 47.7. The summed E-state index contributed by atoms with van der Waals surface area (Å²) in [5, 5.41) is 0.211. The van der Waals surface area contributed by atoms with Crippen molar-refractivity contribution in [1.82, 2.24) is 19.4 Å². The smallest absolute Gasteiger partial charge is 0.330 e. The van der Waals surface area contributed by atoms with Crippen LogP contribution >= 0.6 is 0 Å². The van der Waals surface area contributed by atoms with Crippen molar-refractivity contribution in [3.05, 3.63) is 38.2 Å². The van der Waals surface area contributed by atoms with Gasteiger partial charge in [0, 0.05) is 30.7 Å².